The lowest BCUT2D eigenvalue weighted by molar-refractivity contribution is -0.130. The first-order valence-corrected chi connectivity index (χ1v) is 8.28. The number of amides is 1. The summed E-state index contributed by atoms with van der Waals surface area (Å²) in [5.74, 6) is 0.724. The smallest absolute Gasteiger partial charge is 0.245 e. The summed E-state index contributed by atoms with van der Waals surface area (Å²) in [5.41, 5.74) is 0.775. The van der Waals surface area contributed by atoms with Gasteiger partial charge in [-0.3, -0.25) is 4.79 Å². The summed E-state index contributed by atoms with van der Waals surface area (Å²) in [5, 5.41) is 5.18. The van der Waals surface area contributed by atoms with E-state index in [0.29, 0.717) is 11.5 Å². The van der Waals surface area contributed by atoms with E-state index in [-0.39, 0.29) is 19.4 Å². The molecule has 1 saturated carbocycles. The van der Waals surface area contributed by atoms with Crippen molar-refractivity contribution in [2.75, 3.05) is 21.3 Å². The number of hydrogen-bond acceptors (Lipinski definition) is 5. The van der Waals surface area contributed by atoms with Crippen LogP contribution in [-0.2, 0) is 21.4 Å². The van der Waals surface area contributed by atoms with Crippen LogP contribution < -0.4 is 14.6 Å². The largest absolute Gasteiger partial charge is 0.497 e. The Bertz CT molecular complexity index is 660. The van der Waals surface area contributed by atoms with Gasteiger partial charge in [0.25, 0.3) is 0 Å². The molecular formula is C14H20N2O5S. The summed E-state index contributed by atoms with van der Waals surface area (Å²) < 4.78 is 32.1. The number of methoxy groups -OCH3 is 2. The van der Waals surface area contributed by atoms with E-state index in [4.69, 9.17) is 14.6 Å². The van der Waals surface area contributed by atoms with Crippen molar-refractivity contribution >= 4 is 15.9 Å². The molecule has 8 heteroatoms. The molecule has 1 aromatic rings. The number of primary sulfonamides is 1. The third-order valence-electron chi connectivity index (χ3n) is 3.82. The van der Waals surface area contributed by atoms with Gasteiger partial charge in [0, 0.05) is 19.7 Å². The van der Waals surface area contributed by atoms with Gasteiger partial charge in [0.05, 0.1) is 14.2 Å². The topological polar surface area (TPSA) is 98.9 Å². The Morgan fingerprint density at radius 3 is 2.09 bits per heavy atom. The molecule has 1 fully saturated rings. The minimum absolute atomic E-state index is 0.240. The average molecular weight is 328 g/mol. The highest BCUT2D eigenvalue weighted by molar-refractivity contribution is 7.91. The first-order valence-electron chi connectivity index (χ1n) is 6.73. The van der Waals surface area contributed by atoms with Gasteiger partial charge < -0.3 is 14.4 Å². The van der Waals surface area contributed by atoms with E-state index in [0.717, 1.165) is 5.56 Å². The molecule has 0 bridgehead atoms. The number of carbonyl (C=O) groups is 1. The lowest BCUT2D eigenvalue weighted by atomic mass is 10.2. The van der Waals surface area contributed by atoms with Crippen LogP contribution >= 0.6 is 0 Å². The average Bonchev–Trinajstić information content (AvgIpc) is 3.27. The van der Waals surface area contributed by atoms with E-state index in [1.165, 1.54) is 19.1 Å². The van der Waals surface area contributed by atoms with Gasteiger partial charge >= 0.3 is 0 Å². The monoisotopic (exact) mass is 328 g/mol. The van der Waals surface area contributed by atoms with Crippen molar-refractivity contribution in [2.45, 2.75) is 24.1 Å². The van der Waals surface area contributed by atoms with E-state index in [1.54, 1.807) is 25.2 Å². The van der Waals surface area contributed by atoms with Crippen molar-refractivity contribution in [2.24, 2.45) is 5.14 Å². The molecule has 1 aliphatic rings. The van der Waals surface area contributed by atoms with Crippen LogP contribution in [0.3, 0.4) is 0 Å². The summed E-state index contributed by atoms with van der Waals surface area (Å²) in [6.45, 7) is 0.240. The van der Waals surface area contributed by atoms with Crippen LogP contribution in [0.1, 0.15) is 18.4 Å². The van der Waals surface area contributed by atoms with Crippen LogP contribution in [0.4, 0.5) is 0 Å². The summed E-state index contributed by atoms with van der Waals surface area (Å²) in [6.07, 6.45) is 0.548. The third kappa shape index (κ3) is 3.02. The second-order valence-electron chi connectivity index (χ2n) is 5.42. The van der Waals surface area contributed by atoms with Crippen LogP contribution in [0, 0.1) is 0 Å². The SMILES string of the molecule is COc1cc(CN(C)C(=O)C2(S(N)(=O)=O)CC2)cc(OC)c1. The van der Waals surface area contributed by atoms with E-state index in [9.17, 15) is 13.2 Å². The number of hydrogen-bond donors (Lipinski definition) is 1. The van der Waals surface area contributed by atoms with Crippen LogP contribution in [-0.4, -0.2) is 45.2 Å². The summed E-state index contributed by atoms with van der Waals surface area (Å²) in [6, 6.07) is 5.25. The fourth-order valence-electron chi connectivity index (χ4n) is 2.38. The minimum atomic E-state index is -3.89. The highest BCUT2D eigenvalue weighted by Gasteiger charge is 2.60. The van der Waals surface area contributed by atoms with Gasteiger partial charge in [0.15, 0.2) is 4.75 Å². The van der Waals surface area contributed by atoms with Gasteiger partial charge in [-0.05, 0) is 30.5 Å². The number of nitrogens with two attached hydrogens (primary N) is 1. The van der Waals surface area contributed by atoms with E-state index < -0.39 is 20.7 Å². The Balaban J connectivity index is 2.19. The van der Waals surface area contributed by atoms with Crippen LogP contribution in [0.2, 0.25) is 0 Å². The molecule has 1 aliphatic carbocycles. The second-order valence-corrected chi connectivity index (χ2v) is 7.29. The van der Waals surface area contributed by atoms with Gasteiger partial charge in [0.1, 0.15) is 11.5 Å². The Kier molecular flexibility index (Phi) is 4.35. The van der Waals surface area contributed by atoms with E-state index in [1.807, 2.05) is 0 Å². The molecule has 2 rings (SSSR count). The first kappa shape index (κ1) is 16.6. The second kappa shape index (κ2) is 5.77. The maximum absolute atomic E-state index is 12.4. The quantitative estimate of drug-likeness (QED) is 0.819. The van der Waals surface area contributed by atoms with Crippen molar-refractivity contribution in [3.05, 3.63) is 23.8 Å². The number of sulfonamides is 1. The lowest BCUT2D eigenvalue weighted by Gasteiger charge is -2.22. The minimum Gasteiger partial charge on any atom is -0.497 e. The predicted octanol–water partition coefficient (Wildman–Crippen LogP) is 0.483. The number of carbonyl (C=O) groups excluding carboxylic acids is 1. The zero-order chi connectivity index (χ0) is 16.5. The molecule has 0 spiro atoms. The van der Waals surface area contributed by atoms with Crippen LogP contribution in [0.25, 0.3) is 0 Å². The third-order valence-corrected chi connectivity index (χ3v) is 5.49. The molecule has 0 aromatic heterocycles. The van der Waals surface area contributed by atoms with Crippen molar-refractivity contribution < 1.29 is 22.7 Å². The maximum Gasteiger partial charge on any atom is 0.245 e. The van der Waals surface area contributed by atoms with Crippen molar-refractivity contribution in [3.8, 4) is 11.5 Å². The molecular weight excluding hydrogens is 308 g/mol. The van der Waals surface area contributed by atoms with Crippen LogP contribution in [0.5, 0.6) is 11.5 Å². The van der Waals surface area contributed by atoms with E-state index in [2.05, 4.69) is 0 Å². The van der Waals surface area contributed by atoms with E-state index >= 15 is 0 Å². The molecule has 1 amide bonds. The molecule has 2 N–H and O–H groups in total. The summed E-state index contributed by atoms with van der Waals surface area (Å²) in [7, 11) is 0.732. The first-order chi connectivity index (χ1) is 10.2. The number of nitrogens with zero attached hydrogens (tertiary/aromatic N) is 1. The fourth-order valence-corrected chi connectivity index (χ4v) is 3.46. The molecule has 0 radical (unpaired) electrons. The van der Waals surface area contributed by atoms with Gasteiger partial charge in [-0.2, -0.15) is 0 Å². The molecule has 0 atom stereocenters. The van der Waals surface area contributed by atoms with Gasteiger partial charge in [-0.15, -0.1) is 0 Å². The Labute approximate surface area is 130 Å². The van der Waals surface area contributed by atoms with Crippen molar-refractivity contribution in [1.29, 1.82) is 0 Å². The van der Waals surface area contributed by atoms with Crippen molar-refractivity contribution in [3.63, 3.8) is 0 Å². The number of rotatable bonds is 6. The molecule has 1 aromatic carbocycles. The van der Waals surface area contributed by atoms with Gasteiger partial charge in [0.2, 0.25) is 15.9 Å². The zero-order valence-electron chi connectivity index (χ0n) is 12.8. The fraction of sp³-hybridized carbons (Fsp3) is 0.500. The predicted molar refractivity (Wildman–Crippen MR) is 81.1 cm³/mol. The van der Waals surface area contributed by atoms with Crippen LogP contribution in [0.15, 0.2) is 18.2 Å². The molecule has 22 heavy (non-hydrogen) atoms. The Morgan fingerprint density at radius 1 is 1.23 bits per heavy atom. The molecule has 0 unspecified atom stereocenters. The molecule has 122 valence electrons. The normalized spacial score (nSPS) is 16.0. The number of ether oxygens (including phenoxy) is 2. The lowest BCUT2D eigenvalue weighted by Crippen LogP contribution is -2.45. The maximum atomic E-state index is 12.4. The Hall–Kier alpha value is -1.80. The standard InChI is InChI=1S/C14H20N2O5S/c1-16(13(17)14(4-5-14)22(15,18)19)9-10-6-11(20-2)8-12(7-10)21-3/h6-8H,4-5,9H2,1-3H3,(H2,15,18,19). The molecule has 0 aliphatic heterocycles. The molecule has 0 saturated heterocycles. The summed E-state index contributed by atoms with van der Waals surface area (Å²) in [4.78, 5) is 13.8. The molecule has 0 heterocycles. The Morgan fingerprint density at radius 2 is 1.73 bits per heavy atom. The highest BCUT2D eigenvalue weighted by atomic mass is 32.2. The summed E-state index contributed by atoms with van der Waals surface area (Å²) >= 11 is 0. The van der Waals surface area contributed by atoms with Crippen molar-refractivity contribution in [1.82, 2.24) is 4.90 Å². The van der Waals surface area contributed by atoms with Gasteiger partial charge in [-0.1, -0.05) is 0 Å². The highest BCUT2D eigenvalue weighted by Crippen LogP contribution is 2.43. The zero-order valence-corrected chi connectivity index (χ0v) is 13.6. The van der Waals surface area contributed by atoms with Gasteiger partial charge in [-0.25, -0.2) is 13.6 Å². The number of benzene rings is 1. The molecule has 7 nitrogen and oxygen atoms in total.